The highest BCUT2D eigenvalue weighted by Crippen LogP contribution is 2.36. The summed E-state index contributed by atoms with van der Waals surface area (Å²) in [6, 6.07) is 3.32. The molecular weight excluding hydrogens is 441 g/mol. The number of hydrogen-bond donors (Lipinski definition) is 1. The van der Waals surface area contributed by atoms with Crippen LogP contribution in [0, 0.1) is 5.82 Å². The third-order valence-electron chi connectivity index (χ3n) is 5.74. The Balaban J connectivity index is 1.68. The van der Waals surface area contributed by atoms with Crippen molar-refractivity contribution in [3.8, 4) is 0 Å². The number of alkyl halides is 2. The van der Waals surface area contributed by atoms with Gasteiger partial charge in [-0.15, -0.1) is 0 Å². The lowest BCUT2D eigenvalue weighted by Gasteiger charge is -2.30. The molecule has 0 radical (unpaired) electrons. The van der Waals surface area contributed by atoms with E-state index < -0.39 is 33.7 Å². The van der Waals surface area contributed by atoms with Gasteiger partial charge in [-0.3, -0.25) is 0 Å². The Labute approximate surface area is 184 Å². The van der Waals surface area contributed by atoms with Crippen LogP contribution in [-0.4, -0.2) is 43.5 Å². The van der Waals surface area contributed by atoms with E-state index in [0.29, 0.717) is 30.2 Å². The van der Waals surface area contributed by atoms with Crippen LogP contribution in [-0.2, 0) is 9.84 Å². The molecule has 2 aromatic rings. The molecule has 10 heteroatoms. The standard InChI is InChI=1S/C22H23F3N4O2S/c1-13(16-4-3-5-17(19(16)23)20(24)25)28-21-18-10-15(11-29(2)22(18)27-12-26-21)14-6-8-32(30,31)9-7-14/h3-6,10,12-13,20H,7-9,11H2,1-2H3,(H,26,27,28)/t13-/m1/s1. The number of likely N-dealkylation sites (N-methyl/N-ethyl adjacent to an activating group) is 1. The van der Waals surface area contributed by atoms with Crippen LogP contribution in [0.2, 0.25) is 0 Å². The summed E-state index contributed by atoms with van der Waals surface area (Å²) in [6.45, 7) is 2.24. The summed E-state index contributed by atoms with van der Waals surface area (Å²) < 4.78 is 64.3. The molecule has 1 N–H and O–H groups in total. The Kier molecular flexibility index (Phi) is 5.98. The number of halogens is 3. The van der Waals surface area contributed by atoms with Crippen LogP contribution in [0.15, 0.2) is 41.7 Å². The van der Waals surface area contributed by atoms with Gasteiger partial charge < -0.3 is 10.2 Å². The van der Waals surface area contributed by atoms with Crippen molar-refractivity contribution in [1.29, 1.82) is 0 Å². The van der Waals surface area contributed by atoms with E-state index in [1.54, 1.807) is 13.0 Å². The zero-order valence-electron chi connectivity index (χ0n) is 17.6. The Morgan fingerprint density at radius 3 is 2.59 bits per heavy atom. The van der Waals surface area contributed by atoms with Crippen molar-refractivity contribution in [3.63, 3.8) is 0 Å². The molecule has 0 fully saturated rings. The van der Waals surface area contributed by atoms with E-state index in [1.165, 1.54) is 18.5 Å². The third kappa shape index (κ3) is 4.36. The summed E-state index contributed by atoms with van der Waals surface area (Å²) in [5, 5.41) is 3.13. The first-order chi connectivity index (χ1) is 15.2. The SMILES string of the molecule is C[C@@H](Nc1ncnc2c1C=C(C1=CCS(=O)(=O)CC1)CN2C)c1cccc(C(F)F)c1F. The van der Waals surface area contributed by atoms with Gasteiger partial charge in [0, 0.05) is 19.2 Å². The van der Waals surface area contributed by atoms with Crippen LogP contribution in [0.1, 0.15) is 42.5 Å². The number of hydrogen-bond acceptors (Lipinski definition) is 6. The Morgan fingerprint density at radius 1 is 1.16 bits per heavy atom. The fraction of sp³-hybridized carbons (Fsp3) is 0.364. The molecule has 1 aromatic heterocycles. The summed E-state index contributed by atoms with van der Waals surface area (Å²) in [5.41, 5.74) is 2.09. The zero-order chi connectivity index (χ0) is 23.0. The molecule has 1 aromatic carbocycles. The molecule has 0 aliphatic carbocycles. The molecule has 32 heavy (non-hydrogen) atoms. The van der Waals surface area contributed by atoms with Crippen molar-refractivity contribution < 1.29 is 21.6 Å². The first kappa shape index (κ1) is 22.3. The summed E-state index contributed by atoms with van der Waals surface area (Å²) in [5.74, 6) is 0.303. The van der Waals surface area contributed by atoms with Crippen molar-refractivity contribution in [2.24, 2.45) is 0 Å². The van der Waals surface area contributed by atoms with Crippen LogP contribution in [0.25, 0.3) is 6.08 Å². The highest BCUT2D eigenvalue weighted by atomic mass is 32.2. The molecule has 0 unspecified atom stereocenters. The second kappa shape index (κ2) is 8.57. The molecule has 3 heterocycles. The molecule has 2 aliphatic rings. The van der Waals surface area contributed by atoms with Crippen LogP contribution < -0.4 is 10.2 Å². The lowest BCUT2D eigenvalue weighted by molar-refractivity contribution is 0.146. The Bertz CT molecular complexity index is 1210. The Hall–Kier alpha value is -2.88. The number of benzene rings is 1. The fourth-order valence-electron chi connectivity index (χ4n) is 4.01. The molecule has 4 rings (SSSR count). The molecule has 1 atom stereocenters. The van der Waals surface area contributed by atoms with Gasteiger partial charge in [0.2, 0.25) is 0 Å². The van der Waals surface area contributed by atoms with Crippen molar-refractivity contribution in [2.45, 2.75) is 25.8 Å². The number of sulfone groups is 1. The summed E-state index contributed by atoms with van der Waals surface area (Å²) >= 11 is 0. The zero-order valence-corrected chi connectivity index (χ0v) is 18.5. The predicted octanol–water partition coefficient (Wildman–Crippen LogP) is 4.30. The van der Waals surface area contributed by atoms with Gasteiger partial charge in [0.05, 0.1) is 28.7 Å². The third-order valence-corrected chi connectivity index (χ3v) is 7.24. The lowest BCUT2D eigenvalue weighted by atomic mass is 9.97. The van der Waals surface area contributed by atoms with Gasteiger partial charge in [0.25, 0.3) is 6.43 Å². The van der Waals surface area contributed by atoms with Gasteiger partial charge >= 0.3 is 0 Å². The highest BCUT2D eigenvalue weighted by Gasteiger charge is 2.26. The van der Waals surface area contributed by atoms with Gasteiger partial charge in [-0.1, -0.05) is 24.3 Å². The molecule has 0 saturated heterocycles. The van der Waals surface area contributed by atoms with Crippen LogP contribution in [0.3, 0.4) is 0 Å². The maximum absolute atomic E-state index is 14.6. The van der Waals surface area contributed by atoms with E-state index in [-0.39, 0.29) is 17.1 Å². The van der Waals surface area contributed by atoms with Crippen LogP contribution >= 0.6 is 0 Å². The number of fused-ring (bicyclic) bond motifs is 1. The minimum absolute atomic E-state index is 0.0173. The average Bonchev–Trinajstić information content (AvgIpc) is 2.74. The summed E-state index contributed by atoms with van der Waals surface area (Å²) in [4.78, 5) is 10.6. The number of anilines is 2. The number of aromatic nitrogens is 2. The largest absolute Gasteiger partial charge is 0.363 e. The minimum Gasteiger partial charge on any atom is -0.363 e. The number of nitrogens with one attached hydrogen (secondary N) is 1. The molecule has 6 nitrogen and oxygen atoms in total. The van der Waals surface area contributed by atoms with E-state index in [4.69, 9.17) is 0 Å². The van der Waals surface area contributed by atoms with Crippen molar-refractivity contribution in [1.82, 2.24) is 9.97 Å². The fourth-order valence-corrected chi connectivity index (χ4v) is 5.16. The molecule has 0 amide bonds. The van der Waals surface area contributed by atoms with E-state index in [1.807, 2.05) is 18.0 Å². The first-order valence-corrected chi connectivity index (χ1v) is 12.0. The molecular formula is C22H23F3N4O2S. The van der Waals surface area contributed by atoms with Crippen LogP contribution in [0.5, 0.6) is 0 Å². The second-order valence-electron chi connectivity index (χ2n) is 8.00. The van der Waals surface area contributed by atoms with Gasteiger partial charge in [0.15, 0.2) is 9.84 Å². The quantitative estimate of drug-likeness (QED) is 0.711. The predicted molar refractivity (Wildman–Crippen MR) is 118 cm³/mol. The molecule has 0 spiro atoms. The first-order valence-electron chi connectivity index (χ1n) is 10.2. The maximum Gasteiger partial charge on any atom is 0.266 e. The maximum atomic E-state index is 14.6. The van der Waals surface area contributed by atoms with Gasteiger partial charge in [-0.25, -0.2) is 31.6 Å². The van der Waals surface area contributed by atoms with Gasteiger partial charge in [0.1, 0.15) is 23.8 Å². The Morgan fingerprint density at radius 2 is 1.91 bits per heavy atom. The van der Waals surface area contributed by atoms with Gasteiger partial charge in [-0.2, -0.15) is 0 Å². The van der Waals surface area contributed by atoms with E-state index in [0.717, 1.165) is 17.2 Å². The number of rotatable bonds is 5. The van der Waals surface area contributed by atoms with Crippen LogP contribution in [0.4, 0.5) is 24.8 Å². The summed E-state index contributed by atoms with van der Waals surface area (Å²) in [7, 11) is -1.17. The van der Waals surface area contributed by atoms with Crippen molar-refractivity contribution in [3.05, 3.63) is 64.3 Å². The molecule has 2 aliphatic heterocycles. The monoisotopic (exact) mass is 464 g/mol. The smallest absolute Gasteiger partial charge is 0.266 e. The van der Waals surface area contributed by atoms with Crippen molar-refractivity contribution in [2.75, 3.05) is 35.3 Å². The van der Waals surface area contributed by atoms with E-state index in [2.05, 4.69) is 15.3 Å². The average molecular weight is 465 g/mol. The second-order valence-corrected chi connectivity index (χ2v) is 10.2. The van der Waals surface area contributed by atoms with Gasteiger partial charge in [-0.05, 0) is 30.6 Å². The highest BCUT2D eigenvalue weighted by molar-refractivity contribution is 7.91. The molecule has 0 bridgehead atoms. The molecule has 170 valence electrons. The summed E-state index contributed by atoms with van der Waals surface area (Å²) in [6.07, 6.45) is 2.59. The number of nitrogens with zero attached hydrogens (tertiary/aromatic N) is 3. The minimum atomic E-state index is -3.04. The molecule has 0 saturated carbocycles. The lowest BCUT2D eigenvalue weighted by Crippen LogP contribution is -2.28. The normalized spacial score (nSPS) is 18.6. The topological polar surface area (TPSA) is 75.2 Å². The van der Waals surface area contributed by atoms with E-state index in [9.17, 15) is 21.6 Å². The van der Waals surface area contributed by atoms with Crippen molar-refractivity contribution >= 4 is 27.5 Å². The van der Waals surface area contributed by atoms with E-state index >= 15 is 0 Å².